The van der Waals surface area contributed by atoms with Gasteiger partial charge in [0.05, 0.1) is 0 Å². The molecule has 3 nitrogen and oxygen atoms in total. The lowest BCUT2D eigenvalue weighted by atomic mass is 9.94. The molecular weight excluding hydrogens is 140 g/mol. The number of hydrogen-bond donors (Lipinski definition) is 2. The van der Waals surface area contributed by atoms with Gasteiger partial charge in [0, 0.05) is 13.3 Å². The van der Waals surface area contributed by atoms with E-state index in [0.29, 0.717) is 13.3 Å². The zero-order chi connectivity index (χ0) is 8.10. The smallest absolute Gasteiger partial charge is 0.0455 e. The summed E-state index contributed by atoms with van der Waals surface area (Å²) in [5, 5.41) is 8.70. The van der Waals surface area contributed by atoms with Crippen LogP contribution in [-0.2, 0) is 0 Å². The first-order chi connectivity index (χ1) is 5.36. The van der Waals surface area contributed by atoms with Gasteiger partial charge in [-0.3, -0.25) is 4.90 Å². The van der Waals surface area contributed by atoms with Crippen LogP contribution in [0.3, 0.4) is 0 Å². The maximum absolute atomic E-state index is 8.70. The molecule has 3 heteroatoms. The molecule has 0 aromatic heterocycles. The monoisotopic (exact) mass is 158 g/mol. The number of piperidine rings is 1. The summed E-state index contributed by atoms with van der Waals surface area (Å²) >= 11 is 0. The number of aliphatic hydroxyl groups excluding tert-OH is 1. The third kappa shape index (κ3) is 2.77. The minimum absolute atomic E-state index is 0.341. The van der Waals surface area contributed by atoms with Gasteiger partial charge in [0.15, 0.2) is 0 Å². The first-order valence-corrected chi connectivity index (χ1v) is 4.40. The average Bonchev–Trinajstić information content (AvgIpc) is 2.07. The Bertz CT molecular complexity index is 100. The standard InChI is InChI=1S/C8H18N2O/c9-7-10-4-1-8(2-5-10)3-6-11/h8,11H,1-7,9H2. The van der Waals surface area contributed by atoms with E-state index in [0.717, 1.165) is 25.4 Å². The Balaban J connectivity index is 2.14. The van der Waals surface area contributed by atoms with E-state index in [2.05, 4.69) is 4.90 Å². The van der Waals surface area contributed by atoms with E-state index in [4.69, 9.17) is 10.8 Å². The highest BCUT2D eigenvalue weighted by atomic mass is 16.3. The van der Waals surface area contributed by atoms with Gasteiger partial charge in [-0.25, -0.2) is 0 Å². The molecule has 0 aromatic carbocycles. The van der Waals surface area contributed by atoms with Crippen LogP contribution < -0.4 is 5.73 Å². The molecule has 0 bridgehead atoms. The number of rotatable bonds is 3. The molecule has 66 valence electrons. The quantitative estimate of drug-likeness (QED) is 0.607. The van der Waals surface area contributed by atoms with Crippen molar-refractivity contribution in [1.82, 2.24) is 4.90 Å². The molecule has 1 aliphatic heterocycles. The molecule has 1 aliphatic rings. The van der Waals surface area contributed by atoms with Crippen molar-refractivity contribution >= 4 is 0 Å². The topological polar surface area (TPSA) is 49.5 Å². The zero-order valence-corrected chi connectivity index (χ0v) is 7.00. The highest BCUT2D eigenvalue weighted by Gasteiger charge is 2.16. The lowest BCUT2D eigenvalue weighted by molar-refractivity contribution is 0.161. The minimum atomic E-state index is 0.341. The molecule has 0 unspecified atom stereocenters. The van der Waals surface area contributed by atoms with E-state index in [1.807, 2.05) is 0 Å². The lowest BCUT2D eigenvalue weighted by Crippen LogP contribution is -2.37. The first kappa shape index (κ1) is 8.97. The molecule has 0 spiro atoms. The summed E-state index contributed by atoms with van der Waals surface area (Å²) in [7, 11) is 0. The second kappa shape index (κ2) is 4.70. The van der Waals surface area contributed by atoms with Gasteiger partial charge >= 0.3 is 0 Å². The molecule has 0 amide bonds. The second-order valence-electron chi connectivity index (χ2n) is 3.26. The predicted molar refractivity (Wildman–Crippen MR) is 45.1 cm³/mol. The van der Waals surface area contributed by atoms with E-state index < -0.39 is 0 Å². The second-order valence-corrected chi connectivity index (χ2v) is 3.26. The average molecular weight is 158 g/mol. The maximum atomic E-state index is 8.70. The molecule has 1 fully saturated rings. The number of aliphatic hydroxyl groups is 1. The van der Waals surface area contributed by atoms with Gasteiger partial charge in [0.2, 0.25) is 0 Å². The molecule has 0 radical (unpaired) electrons. The summed E-state index contributed by atoms with van der Waals surface area (Å²) in [5.41, 5.74) is 5.50. The van der Waals surface area contributed by atoms with Crippen LogP contribution in [0.5, 0.6) is 0 Å². The summed E-state index contributed by atoms with van der Waals surface area (Å²) in [6.45, 7) is 3.25. The lowest BCUT2D eigenvalue weighted by Gasteiger charge is -2.30. The molecular formula is C8H18N2O. The third-order valence-electron chi connectivity index (χ3n) is 2.50. The van der Waals surface area contributed by atoms with Crippen molar-refractivity contribution in [3.05, 3.63) is 0 Å². The van der Waals surface area contributed by atoms with Crippen LogP contribution in [0.1, 0.15) is 19.3 Å². The van der Waals surface area contributed by atoms with Gasteiger partial charge in [-0.1, -0.05) is 0 Å². The van der Waals surface area contributed by atoms with Crippen molar-refractivity contribution in [3.8, 4) is 0 Å². The van der Waals surface area contributed by atoms with Gasteiger partial charge in [-0.15, -0.1) is 0 Å². The van der Waals surface area contributed by atoms with Crippen molar-refractivity contribution in [2.24, 2.45) is 11.7 Å². The van der Waals surface area contributed by atoms with E-state index in [9.17, 15) is 0 Å². The third-order valence-corrected chi connectivity index (χ3v) is 2.50. The fourth-order valence-corrected chi connectivity index (χ4v) is 1.64. The number of likely N-dealkylation sites (tertiary alicyclic amines) is 1. The fraction of sp³-hybridized carbons (Fsp3) is 1.00. The fourth-order valence-electron chi connectivity index (χ4n) is 1.64. The highest BCUT2D eigenvalue weighted by Crippen LogP contribution is 2.18. The van der Waals surface area contributed by atoms with Gasteiger partial charge in [-0.2, -0.15) is 0 Å². The van der Waals surface area contributed by atoms with Crippen LogP contribution in [-0.4, -0.2) is 36.4 Å². The van der Waals surface area contributed by atoms with Crippen molar-refractivity contribution < 1.29 is 5.11 Å². The summed E-state index contributed by atoms with van der Waals surface area (Å²) in [4.78, 5) is 2.26. The van der Waals surface area contributed by atoms with Gasteiger partial charge < -0.3 is 10.8 Å². The summed E-state index contributed by atoms with van der Waals surface area (Å²) < 4.78 is 0. The van der Waals surface area contributed by atoms with Crippen LogP contribution in [0.4, 0.5) is 0 Å². The van der Waals surface area contributed by atoms with E-state index in [1.165, 1.54) is 12.8 Å². The summed E-state index contributed by atoms with van der Waals surface area (Å²) in [6.07, 6.45) is 3.38. The van der Waals surface area contributed by atoms with Crippen LogP contribution >= 0.6 is 0 Å². The Hall–Kier alpha value is -0.120. The molecule has 0 saturated carbocycles. The Morgan fingerprint density at radius 1 is 1.36 bits per heavy atom. The Labute approximate surface area is 68.2 Å². The molecule has 3 N–H and O–H groups in total. The van der Waals surface area contributed by atoms with Crippen molar-refractivity contribution in [3.63, 3.8) is 0 Å². The van der Waals surface area contributed by atoms with E-state index in [1.54, 1.807) is 0 Å². The van der Waals surface area contributed by atoms with Crippen molar-refractivity contribution in [2.45, 2.75) is 19.3 Å². The zero-order valence-electron chi connectivity index (χ0n) is 7.00. The Kier molecular flexibility index (Phi) is 3.83. The Morgan fingerprint density at radius 3 is 2.45 bits per heavy atom. The van der Waals surface area contributed by atoms with Crippen molar-refractivity contribution in [2.75, 3.05) is 26.4 Å². The largest absolute Gasteiger partial charge is 0.396 e. The van der Waals surface area contributed by atoms with Crippen LogP contribution in [0.15, 0.2) is 0 Å². The SMILES string of the molecule is NCN1CCC(CCO)CC1. The number of nitrogens with zero attached hydrogens (tertiary/aromatic N) is 1. The molecule has 0 aromatic rings. The van der Waals surface area contributed by atoms with Crippen LogP contribution in [0.25, 0.3) is 0 Å². The first-order valence-electron chi connectivity index (χ1n) is 4.40. The highest BCUT2D eigenvalue weighted by molar-refractivity contribution is 4.70. The molecule has 1 heterocycles. The van der Waals surface area contributed by atoms with Crippen LogP contribution in [0, 0.1) is 5.92 Å². The molecule has 0 aliphatic carbocycles. The van der Waals surface area contributed by atoms with E-state index >= 15 is 0 Å². The summed E-state index contributed by atoms with van der Waals surface area (Å²) in [6, 6.07) is 0. The number of hydrogen-bond acceptors (Lipinski definition) is 3. The van der Waals surface area contributed by atoms with Gasteiger partial charge in [-0.05, 0) is 38.3 Å². The van der Waals surface area contributed by atoms with Gasteiger partial charge in [0.25, 0.3) is 0 Å². The minimum Gasteiger partial charge on any atom is -0.396 e. The van der Waals surface area contributed by atoms with Gasteiger partial charge in [0.1, 0.15) is 0 Å². The maximum Gasteiger partial charge on any atom is 0.0455 e. The molecule has 1 saturated heterocycles. The van der Waals surface area contributed by atoms with Crippen molar-refractivity contribution in [1.29, 1.82) is 0 Å². The number of nitrogens with two attached hydrogens (primary N) is 1. The van der Waals surface area contributed by atoms with Crippen LogP contribution in [0.2, 0.25) is 0 Å². The predicted octanol–water partition coefficient (Wildman–Crippen LogP) is -0.00300. The molecule has 0 atom stereocenters. The molecule has 11 heavy (non-hydrogen) atoms. The van der Waals surface area contributed by atoms with E-state index in [-0.39, 0.29) is 0 Å². The normalized spacial score (nSPS) is 22.4. The summed E-state index contributed by atoms with van der Waals surface area (Å²) in [5.74, 6) is 0.739. The Morgan fingerprint density at radius 2 is 2.00 bits per heavy atom. The molecule has 1 rings (SSSR count).